The zero-order chi connectivity index (χ0) is 17.0. The number of halogens is 1. The number of amides is 1. The van der Waals surface area contributed by atoms with Crippen molar-refractivity contribution in [3.8, 4) is 11.5 Å². The maximum Gasteiger partial charge on any atom is 0.308 e. The Kier molecular flexibility index (Phi) is 5.71. The van der Waals surface area contributed by atoms with Crippen molar-refractivity contribution in [1.82, 2.24) is 5.32 Å². The number of carbonyl (C=O) groups is 2. The van der Waals surface area contributed by atoms with Crippen LogP contribution in [-0.4, -0.2) is 37.2 Å². The van der Waals surface area contributed by atoms with Crippen LogP contribution < -0.4 is 14.8 Å². The molecule has 0 bridgehead atoms. The molecule has 0 saturated heterocycles. The first kappa shape index (κ1) is 17.4. The van der Waals surface area contributed by atoms with Crippen LogP contribution in [0.1, 0.15) is 36.0 Å². The molecule has 1 aliphatic carbocycles. The minimum Gasteiger partial charge on any atom is -0.493 e. The Bertz CT molecular complexity index is 604. The highest BCUT2D eigenvalue weighted by molar-refractivity contribution is 6.32. The number of nitrogens with one attached hydrogen (secondary N) is 1. The summed E-state index contributed by atoms with van der Waals surface area (Å²) >= 11 is 6.10. The summed E-state index contributed by atoms with van der Waals surface area (Å²) in [5, 5.41) is 12.3. The number of carbonyl (C=O) groups excluding carboxylic acids is 1. The van der Waals surface area contributed by atoms with E-state index >= 15 is 0 Å². The van der Waals surface area contributed by atoms with Gasteiger partial charge in [-0.3, -0.25) is 9.59 Å². The number of benzene rings is 1. The second kappa shape index (κ2) is 7.55. The van der Waals surface area contributed by atoms with E-state index in [-0.39, 0.29) is 17.0 Å². The van der Waals surface area contributed by atoms with Crippen LogP contribution in [0.5, 0.6) is 11.5 Å². The molecular weight excluding hydrogens is 322 g/mol. The van der Waals surface area contributed by atoms with Gasteiger partial charge in [0.05, 0.1) is 25.2 Å². The third-order valence-electron chi connectivity index (χ3n) is 4.10. The van der Waals surface area contributed by atoms with E-state index in [2.05, 4.69) is 5.32 Å². The largest absolute Gasteiger partial charge is 0.493 e. The molecule has 1 aliphatic rings. The normalized spacial score (nSPS) is 20.7. The van der Waals surface area contributed by atoms with E-state index < -0.39 is 11.9 Å². The summed E-state index contributed by atoms with van der Waals surface area (Å²) in [5.41, 5.74) is 0.308. The monoisotopic (exact) mass is 341 g/mol. The van der Waals surface area contributed by atoms with Crippen molar-refractivity contribution in [3.63, 3.8) is 0 Å². The van der Waals surface area contributed by atoms with E-state index in [0.717, 1.165) is 12.8 Å². The molecule has 0 aliphatic heterocycles. The highest BCUT2D eigenvalue weighted by atomic mass is 35.5. The first-order valence-electron chi connectivity index (χ1n) is 7.43. The molecule has 0 heterocycles. The number of ether oxygens (including phenoxy) is 2. The molecule has 126 valence electrons. The van der Waals surface area contributed by atoms with Gasteiger partial charge in [-0.25, -0.2) is 0 Å². The van der Waals surface area contributed by atoms with E-state index in [4.69, 9.17) is 21.1 Å². The lowest BCUT2D eigenvalue weighted by molar-refractivity contribution is -0.143. The van der Waals surface area contributed by atoms with E-state index in [1.54, 1.807) is 0 Å². The fraction of sp³-hybridized carbons (Fsp3) is 0.500. The van der Waals surface area contributed by atoms with Gasteiger partial charge >= 0.3 is 5.97 Å². The van der Waals surface area contributed by atoms with Crippen molar-refractivity contribution in [3.05, 3.63) is 22.7 Å². The lowest BCUT2D eigenvalue weighted by Crippen LogP contribution is -2.45. The van der Waals surface area contributed by atoms with Gasteiger partial charge < -0.3 is 19.9 Å². The van der Waals surface area contributed by atoms with Gasteiger partial charge in [0.25, 0.3) is 5.91 Å². The Morgan fingerprint density at radius 2 is 1.91 bits per heavy atom. The minimum absolute atomic E-state index is 0.260. The summed E-state index contributed by atoms with van der Waals surface area (Å²) in [6.07, 6.45) is 3.00. The van der Waals surface area contributed by atoms with E-state index in [1.807, 2.05) is 0 Å². The fourth-order valence-electron chi connectivity index (χ4n) is 2.90. The number of hydrogen-bond acceptors (Lipinski definition) is 4. The second-order valence-corrected chi connectivity index (χ2v) is 5.91. The van der Waals surface area contributed by atoms with Gasteiger partial charge in [-0.15, -0.1) is 0 Å². The molecule has 0 spiro atoms. The van der Waals surface area contributed by atoms with Crippen molar-refractivity contribution < 1.29 is 24.2 Å². The van der Waals surface area contributed by atoms with Crippen LogP contribution in [0.25, 0.3) is 0 Å². The molecule has 0 unspecified atom stereocenters. The van der Waals surface area contributed by atoms with Gasteiger partial charge in [-0.05, 0) is 25.0 Å². The van der Waals surface area contributed by atoms with E-state index in [9.17, 15) is 14.7 Å². The Morgan fingerprint density at radius 1 is 1.22 bits per heavy atom. The van der Waals surface area contributed by atoms with E-state index in [1.165, 1.54) is 26.4 Å². The fourth-order valence-corrected chi connectivity index (χ4v) is 3.19. The van der Waals surface area contributed by atoms with E-state index in [0.29, 0.717) is 29.9 Å². The number of methoxy groups -OCH3 is 2. The number of carboxylic acids is 1. The smallest absolute Gasteiger partial charge is 0.308 e. The van der Waals surface area contributed by atoms with Gasteiger partial charge in [0.15, 0.2) is 11.5 Å². The standard InChI is InChI=1S/C16H20ClNO5/c1-22-13-8-9(7-11(17)14(13)23-2)15(19)18-12-6-4-3-5-10(12)16(20)21/h7-8,10,12H,3-6H2,1-2H3,(H,18,19)(H,20,21)/t10-,12-/m0/s1. The van der Waals surface area contributed by atoms with Crippen LogP contribution in [0, 0.1) is 5.92 Å². The van der Waals surface area contributed by atoms with Crippen molar-refractivity contribution in [2.75, 3.05) is 14.2 Å². The molecule has 2 atom stereocenters. The first-order valence-corrected chi connectivity index (χ1v) is 7.81. The second-order valence-electron chi connectivity index (χ2n) is 5.50. The molecule has 1 fully saturated rings. The first-order chi connectivity index (χ1) is 11.0. The number of aliphatic carboxylic acids is 1. The molecule has 1 saturated carbocycles. The van der Waals surface area contributed by atoms with Crippen molar-refractivity contribution in [1.29, 1.82) is 0 Å². The van der Waals surface area contributed by atoms with Gasteiger partial charge in [0.2, 0.25) is 0 Å². The third kappa shape index (κ3) is 3.88. The number of carboxylic acid groups (broad SMARTS) is 1. The zero-order valence-electron chi connectivity index (χ0n) is 13.1. The topological polar surface area (TPSA) is 84.9 Å². The molecule has 1 aromatic rings. The Balaban J connectivity index is 2.20. The van der Waals surface area contributed by atoms with Crippen LogP contribution in [-0.2, 0) is 4.79 Å². The summed E-state index contributed by atoms with van der Waals surface area (Å²) < 4.78 is 10.3. The SMILES string of the molecule is COc1cc(C(=O)N[C@H]2CCCC[C@@H]2C(=O)O)cc(Cl)c1OC. The van der Waals surface area contributed by atoms with Gasteiger partial charge in [-0.1, -0.05) is 24.4 Å². The van der Waals surface area contributed by atoms with Crippen LogP contribution >= 0.6 is 11.6 Å². The molecule has 2 rings (SSSR count). The lowest BCUT2D eigenvalue weighted by Gasteiger charge is -2.29. The van der Waals surface area contributed by atoms with Crippen molar-refractivity contribution >= 4 is 23.5 Å². The zero-order valence-corrected chi connectivity index (χ0v) is 13.9. The maximum absolute atomic E-state index is 12.4. The molecule has 2 N–H and O–H groups in total. The van der Waals surface area contributed by atoms with Gasteiger partial charge in [0, 0.05) is 11.6 Å². The average molecular weight is 342 g/mol. The summed E-state index contributed by atoms with van der Waals surface area (Å²) in [6, 6.07) is 2.63. The molecule has 0 radical (unpaired) electrons. The number of hydrogen-bond donors (Lipinski definition) is 2. The van der Waals surface area contributed by atoms with Crippen LogP contribution in [0.15, 0.2) is 12.1 Å². The summed E-state index contributed by atoms with van der Waals surface area (Å²) in [4.78, 5) is 23.8. The molecule has 23 heavy (non-hydrogen) atoms. The Morgan fingerprint density at radius 3 is 2.52 bits per heavy atom. The Labute approximate surface area is 139 Å². The summed E-state index contributed by atoms with van der Waals surface area (Å²) in [6.45, 7) is 0. The minimum atomic E-state index is -0.875. The highest BCUT2D eigenvalue weighted by Gasteiger charge is 2.32. The van der Waals surface area contributed by atoms with Crippen molar-refractivity contribution in [2.24, 2.45) is 5.92 Å². The van der Waals surface area contributed by atoms with Crippen LogP contribution in [0.3, 0.4) is 0 Å². The third-order valence-corrected chi connectivity index (χ3v) is 4.38. The predicted octanol–water partition coefficient (Wildman–Crippen LogP) is 2.73. The molecular formula is C16H20ClNO5. The highest BCUT2D eigenvalue weighted by Crippen LogP contribution is 2.36. The summed E-state index contributed by atoms with van der Waals surface area (Å²) in [7, 11) is 2.92. The summed E-state index contributed by atoms with van der Waals surface area (Å²) in [5.74, 6) is -1.09. The predicted molar refractivity (Wildman–Crippen MR) is 85.4 cm³/mol. The quantitative estimate of drug-likeness (QED) is 0.860. The molecule has 7 heteroatoms. The molecule has 6 nitrogen and oxygen atoms in total. The number of rotatable bonds is 5. The molecule has 0 aromatic heterocycles. The van der Waals surface area contributed by atoms with Crippen LogP contribution in [0.4, 0.5) is 0 Å². The van der Waals surface area contributed by atoms with Crippen molar-refractivity contribution in [2.45, 2.75) is 31.7 Å². The average Bonchev–Trinajstić information content (AvgIpc) is 2.54. The van der Waals surface area contributed by atoms with Gasteiger partial charge in [0.1, 0.15) is 0 Å². The van der Waals surface area contributed by atoms with Gasteiger partial charge in [-0.2, -0.15) is 0 Å². The maximum atomic E-state index is 12.4. The van der Waals surface area contributed by atoms with Crippen LogP contribution in [0.2, 0.25) is 5.02 Å². The molecule has 1 aromatic carbocycles. The lowest BCUT2D eigenvalue weighted by atomic mass is 9.84. The Hall–Kier alpha value is -1.95. The molecule has 1 amide bonds.